The quantitative estimate of drug-likeness (QED) is 0.311. The van der Waals surface area contributed by atoms with E-state index in [1.807, 2.05) is 24.3 Å². The first-order valence-corrected chi connectivity index (χ1v) is 9.64. The maximum atomic E-state index is 13.1. The van der Waals surface area contributed by atoms with Crippen LogP contribution in [-0.4, -0.2) is 23.8 Å². The number of rotatable bonds is 5. The van der Waals surface area contributed by atoms with Crippen LogP contribution in [0.5, 0.6) is 0 Å². The van der Waals surface area contributed by atoms with Crippen LogP contribution in [0.25, 0.3) is 0 Å². The molecule has 0 heterocycles. The predicted octanol–water partition coefficient (Wildman–Crippen LogP) is 4.73. The number of nitrogens with zero attached hydrogens (tertiary/aromatic N) is 2. The van der Waals surface area contributed by atoms with Crippen molar-refractivity contribution in [2.24, 2.45) is 0 Å². The fourth-order valence-corrected chi connectivity index (χ4v) is 3.56. The second kappa shape index (κ2) is 8.82. The number of halogens is 1. The minimum atomic E-state index is -0.658. The van der Waals surface area contributed by atoms with Gasteiger partial charge in [-0.2, -0.15) is 0 Å². The van der Waals surface area contributed by atoms with E-state index in [2.05, 4.69) is 27.9 Å². The molecule has 0 atom stereocenters. The maximum Gasteiger partial charge on any atom is 0.282 e. The summed E-state index contributed by atoms with van der Waals surface area (Å²) in [5.41, 5.74) is 0.911. The Morgan fingerprint density at radius 3 is 2.21 bits per heavy atom. The number of nitrogens with one attached hydrogen (secondary N) is 1. The summed E-state index contributed by atoms with van der Waals surface area (Å²) in [5, 5.41) is 13.8. The highest BCUT2D eigenvalue weighted by molar-refractivity contribution is 14.1. The van der Waals surface area contributed by atoms with Crippen LogP contribution in [0.4, 0.5) is 17.1 Å². The van der Waals surface area contributed by atoms with Gasteiger partial charge in [-0.25, -0.2) is 0 Å². The van der Waals surface area contributed by atoms with Crippen LogP contribution >= 0.6 is 22.6 Å². The third-order valence-corrected chi connectivity index (χ3v) is 5.18. The topological polar surface area (TPSA) is 92.6 Å². The number of amides is 2. The highest BCUT2D eigenvalue weighted by atomic mass is 127. The molecule has 0 aliphatic carbocycles. The van der Waals surface area contributed by atoms with Crippen LogP contribution in [0.2, 0.25) is 0 Å². The molecule has 0 unspecified atom stereocenters. The summed E-state index contributed by atoms with van der Waals surface area (Å²) < 4.78 is 0.905. The van der Waals surface area contributed by atoms with Crippen molar-refractivity contribution in [3.05, 3.63) is 97.6 Å². The van der Waals surface area contributed by atoms with E-state index in [-0.39, 0.29) is 28.4 Å². The molecule has 3 aromatic rings. The van der Waals surface area contributed by atoms with Crippen LogP contribution in [0, 0.1) is 13.7 Å². The molecule has 2 amide bonds. The van der Waals surface area contributed by atoms with Crippen molar-refractivity contribution in [2.75, 3.05) is 17.3 Å². The Morgan fingerprint density at radius 1 is 0.931 bits per heavy atom. The summed E-state index contributed by atoms with van der Waals surface area (Å²) in [6.07, 6.45) is 0. The van der Waals surface area contributed by atoms with Crippen LogP contribution in [0.15, 0.2) is 72.8 Å². The predicted molar refractivity (Wildman–Crippen MR) is 119 cm³/mol. The number of nitro groups is 1. The Hall–Kier alpha value is -3.27. The van der Waals surface area contributed by atoms with E-state index < -0.39 is 10.8 Å². The van der Waals surface area contributed by atoms with E-state index in [0.717, 1.165) is 9.26 Å². The van der Waals surface area contributed by atoms with E-state index in [0.29, 0.717) is 0 Å². The molecule has 0 saturated heterocycles. The normalized spacial score (nSPS) is 10.3. The van der Waals surface area contributed by atoms with Crippen molar-refractivity contribution in [3.63, 3.8) is 0 Å². The van der Waals surface area contributed by atoms with E-state index in [1.165, 1.54) is 23.1 Å². The SMILES string of the molecule is CN(C(=O)c1ccccc1NC(=O)c1ccccc1[N+](=O)[O-])c1ccccc1I. The molecule has 3 aromatic carbocycles. The number of benzene rings is 3. The molecule has 0 radical (unpaired) electrons. The summed E-state index contributed by atoms with van der Waals surface area (Å²) >= 11 is 2.15. The highest BCUT2D eigenvalue weighted by Gasteiger charge is 2.23. The molecule has 0 bridgehead atoms. The van der Waals surface area contributed by atoms with Gasteiger partial charge in [0.25, 0.3) is 17.5 Å². The van der Waals surface area contributed by atoms with Gasteiger partial charge in [0.2, 0.25) is 0 Å². The zero-order valence-corrected chi connectivity index (χ0v) is 17.5. The molecule has 3 rings (SSSR count). The molecule has 0 fully saturated rings. The molecule has 0 spiro atoms. The Morgan fingerprint density at radius 2 is 1.52 bits per heavy atom. The fraction of sp³-hybridized carbons (Fsp3) is 0.0476. The van der Waals surface area contributed by atoms with Crippen LogP contribution in [0.3, 0.4) is 0 Å². The van der Waals surface area contributed by atoms with E-state index >= 15 is 0 Å². The smallest absolute Gasteiger partial charge is 0.282 e. The van der Waals surface area contributed by atoms with Gasteiger partial charge >= 0.3 is 0 Å². The second-order valence-corrected chi connectivity index (χ2v) is 7.25. The summed E-state index contributed by atoms with van der Waals surface area (Å²) in [5.74, 6) is -0.970. The lowest BCUT2D eigenvalue weighted by Crippen LogP contribution is -2.28. The first-order valence-electron chi connectivity index (χ1n) is 8.56. The fourth-order valence-electron chi connectivity index (χ4n) is 2.81. The van der Waals surface area contributed by atoms with Gasteiger partial charge in [-0.15, -0.1) is 0 Å². The maximum absolute atomic E-state index is 13.1. The minimum Gasteiger partial charge on any atom is -0.321 e. The van der Waals surface area contributed by atoms with Crippen molar-refractivity contribution >= 4 is 51.5 Å². The lowest BCUT2D eigenvalue weighted by Gasteiger charge is -2.20. The number of hydrogen-bond acceptors (Lipinski definition) is 4. The van der Waals surface area contributed by atoms with Gasteiger partial charge in [0.05, 0.1) is 21.9 Å². The molecule has 146 valence electrons. The largest absolute Gasteiger partial charge is 0.321 e. The summed E-state index contributed by atoms with van der Waals surface area (Å²) in [7, 11) is 1.65. The molecule has 0 aliphatic heterocycles. The number of nitro benzene ring substituents is 1. The first-order chi connectivity index (χ1) is 13.9. The van der Waals surface area contributed by atoms with Crippen molar-refractivity contribution in [1.82, 2.24) is 0 Å². The van der Waals surface area contributed by atoms with E-state index in [1.54, 1.807) is 37.4 Å². The van der Waals surface area contributed by atoms with Gasteiger partial charge in [-0.05, 0) is 52.9 Å². The number of anilines is 2. The van der Waals surface area contributed by atoms with Gasteiger partial charge in [-0.1, -0.05) is 36.4 Å². The Balaban J connectivity index is 1.92. The molecule has 29 heavy (non-hydrogen) atoms. The van der Waals surface area contributed by atoms with Crippen molar-refractivity contribution in [3.8, 4) is 0 Å². The van der Waals surface area contributed by atoms with Crippen molar-refractivity contribution in [1.29, 1.82) is 0 Å². The zero-order valence-electron chi connectivity index (χ0n) is 15.3. The van der Waals surface area contributed by atoms with Gasteiger partial charge in [0.1, 0.15) is 5.56 Å². The van der Waals surface area contributed by atoms with Crippen LogP contribution < -0.4 is 10.2 Å². The van der Waals surface area contributed by atoms with Gasteiger partial charge in [-0.3, -0.25) is 19.7 Å². The third-order valence-electron chi connectivity index (χ3n) is 4.27. The third kappa shape index (κ3) is 4.43. The molecule has 0 saturated carbocycles. The molecule has 8 heteroatoms. The summed E-state index contributed by atoms with van der Waals surface area (Å²) in [4.78, 5) is 37.8. The highest BCUT2D eigenvalue weighted by Crippen LogP contribution is 2.26. The number of carbonyl (C=O) groups is 2. The Kier molecular flexibility index (Phi) is 6.23. The molecule has 1 N–H and O–H groups in total. The number of carbonyl (C=O) groups excluding carboxylic acids is 2. The molecule has 7 nitrogen and oxygen atoms in total. The van der Waals surface area contributed by atoms with Gasteiger partial charge < -0.3 is 10.2 Å². The Bertz CT molecular complexity index is 1100. The van der Waals surface area contributed by atoms with Crippen LogP contribution in [0.1, 0.15) is 20.7 Å². The minimum absolute atomic E-state index is 0.0780. The number of hydrogen-bond donors (Lipinski definition) is 1. The molecular weight excluding hydrogens is 485 g/mol. The Labute approximate surface area is 180 Å². The average molecular weight is 501 g/mol. The number of para-hydroxylation sites is 3. The monoisotopic (exact) mass is 501 g/mol. The van der Waals surface area contributed by atoms with Gasteiger partial charge in [0, 0.05) is 16.7 Å². The van der Waals surface area contributed by atoms with Crippen LogP contribution in [-0.2, 0) is 0 Å². The summed E-state index contributed by atoms with van der Waals surface area (Å²) in [6.45, 7) is 0. The van der Waals surface area contributed by atoms with Crippen molar-refractivity contribution < 1.29 is 14.5 Å². The van der Waals surface area contributed by atoms with E-state index in [9.17, 15) is 19.7 Å². The van der Waals surface area contributed by atoms with E-state index in [4.69, 9.17) is 0 Å². The first kappa shape index (κ1) is 20.5. The summed E-state index contributed by atoms with van der Waals surface area (Å²) in [6, 6.07) is 19.7. The zero-order chi connectivity index (χ0) is 21.0. The molecular formula is C21H16IN3O4. The lowest BCUT2D eigenvalue weighted by molar-refractivity contribution is -0.385. The standard InChI is InChI=1S/C21H16IN3O4/c1-24(19-13-7-4-10-16(19)22)21(27)14-8-2-5-11-17(14)23-20(26)15-9-3-6-12-18(15)25(28)29/h2-13H,1H3,(H,23,26). The molecule has 0 aliphatic rings. The average Bonchev–Trinajstić information content (AvgIpc) is 2.73. The van der Waals surface area contributed by atoms with Gasteiger partial charge in [0.15, 0.2) is 0 Å². The lowest BCUT2D eigenvalue weighted by atomic mass is 10.1. The molecule has 0 aromatic heterocycles. The second-order valence-electron chi connectivity index (χ2n) is 6.09. The van der Waals surface area contributed by atoms with Crippen molar-refractivity contribution in [2.45, 2.75) is 0 Å².